The van der Waals surface area contributed by atoms with Gasteiger partial charge in [0.15, 0.2) is 16.8 Å². The van der Waals surface area contributed by atoms with Crippen molar-refractivity contribution in [3.8, 4) is 22.8 Å². The SMILES string of the molecule is COc1c(O[C@@H]2O[C@H](CO)[C@@H](O)[C@H](O)[C@H]2O)ccc2c(=O)cc(-c3ccccc3)oc12. The molecule has 0 saturated carbocycles. The normalized spacial score (nSPS) is 26.0. The second kappa shape index (κ2) is 8.66. The Bertz CT molecular complexity index is 1110. The molecule has 1 saturated heterocycles. The first-order valence-electron chi connectivity index (χ1n) is 9.62. The van der Waals surface area contributed by atoms with Gasteiger partial charge in [-0.2, -0.15) is 0 Å². The van der Waals surface area contributed by atoms with Gasteiger partial charge >= 0.3 is 0 Å². The van der Waals surface area contributed by atoms with E-state index in [9.17, 15) is 25.2 Å². The first-order chi connectivity index (χ1) is 14.9. The van der Waals surface area contributed by atoms with Crippen LogP contribution in [0, 0.1) is 0 Å². The van der Waals surface area contributed by atoms with Gasteiger partial charge in [-0.05, 0) is 12.1 Å². The number of aliphatic hydroxyl groups is 4. The van der Waals surface area contributed by atoms with Gasteiger partial charge in [-0.3, -0.25) is 4.79 Å². The summed E-state index contributed by atoms with van der Waals surface area (Å²) in [6, 6.07) is 13.4. The van der Waals surface area contributed by atoms with Crippen molar-refractivity contribution in [3.63, 3.8) is 0 Å². The van der Waals surface area contributed by atoms with Crippen LogP contribution in [0.15, 0.2) is 57.7 Å². The molecule has 1 fully saturated rings. The standard InChI is InChI=1S/C22H22O9/c1-28-21-14(30-22-19(27)18(26)17(25)16(10-23)31-22)8-7-12-13(24)9-15(29-20(12)21)11-5-3-2-4-6-11/h2-9,16-19,22-23,25-27H,10H2,1H3/t16-,17-,18+,19-,22-/m1/s1. The van der Waals surface area contributed by atoms with Crippen molar-refractivity contribution in [1.29, 1.82) is 0 Å². The third kappa shape index (κ3) is 3.89. The second-order valence-corrected chi connectivity index (χ2v) is 7.13. The van der Waals surface area contributed by atoms with Crippen LogP contribution < -0.4 is 14.9 Å². The third-order valence-corrected chi connectivity index (χ3v) is 5.17. The van der Waals surface area contributed by atoms with Crippen LogP contribution in [0.4, 0.5) is 0 Å². The zero-order chi connectivity index (χ0) is 22.1. The molecule has 0 radical (unpaired) electrons. The van der Waals surface area contributed by atoms with Crippen LogP contribution in [0.5, 0.6) is 11.5 Å². The molecule has 2 heterocycles. The number of hydrogen-bond acceptors (Lipinski definition) is 9. The summed E-state index contributed by atoms with van der Waals surface area (Å²) in [7, 11) is 1.37. The molecule has 4 N–H and O–H groups in total. The number of rotatable bonds is 5. The molecule has 0 unspecified atom stereocenters. The topological polar surface area (TPSA) is 139 Å². The lowest BCUT2D eigenvalue weighted by Crippen LogP contribution is -2.60. The lowest BCUT2D eigenvalue weighted by atomic mass is 9.99. The fourth-order valence-corrected chi connectivity index (χ4v) is 3.50. The number of ether oxygens (including phenoxy) is 3. The van der Waals surface area contributed by atoms with E-state index in [1.54, 1.807) is 12.1 Å². The van der Waals surface area contributed by atoms with Crippen LogP contribution in [-0.2, 0) is 4.74 Å². The minimum absolute atomic E-state index is 0.0766. The van der Waals surface area contributed by atoms with Gasteiger partial charge in [0.05, 0.1) is 19.1 Å². The molecule has 2 aromatic carbocycles. The monoisotopic (exact) mass is 430 g/mol. The van der Waals surface area contributed by atoms with Gasteiger partial charge in [0, 0.05) is 11.6 Å². The van der Waals surface area contributed by atoms with Crippen molar-refractivity contribution in [2.24, 2.45) is 0 Å². The van der Waals surface area contributed by atoms with Crippen molar-refractivity contribution in [2.45, 2.75) is 30.7 Å². The molecule has 5 atom stereocenters. The van der Waals surface area contributed by atoms with Gasteiger partial charge in [0.1, 0.15) is 30.2 Å². The van der Waals surface area contributed by atoms with E-state index >= 15 is 0 Å². The minimum atomic E-state index is -1.60. The van der Waals surface area contributed by atoms with Crippen molar-refractivity contribution in [2.75, 3.05) is 13.7 Å². The van der Waals surface area contributed by atoms with Crippen LogP contribution in [0.2, 0.25) is 0 Å². The molecule has 3 aromatic rings. The number of benzene rings is 2. The summed E-state index contributed by atoms with van der Waals surface area (Å²) >= 11 is 0. The minimum Gasteiger partial charge on any atom is -0.490 e. The molecule has 0 amide bonds. The Hall–Kier alpha value is -2.95. The summed E-state index contributed by atoms with van der Waals surface area (Å²) in [5, 5.41) is 39.8. The van der Waals surface area contributed by atoms with Crippen LogP contribution in [-0.4, -0.2) is 64.8 Å². The van der Waals surface area contributed by atoms with Crippen molar-refractivity contribution < 1.29 is 39.1 Å². The summed E-state index contributed by atoms with van der Waals surface area (Å²) in [5.41, 5.74) is 0.553. The zero-order valence-electron chi connectivity index (χ0n) is 16.5. The average Bonchev–Trinajstić information content (AvgIpc) is 2.79. The largest absolute Gasteiger partial charge is 0.490 e. The Morgan fingerprint density at radius 2 is 1.74 bits per heavy atom. The maximum atomic E-state index is 12.6. The zero-order valence-corrected chi connectivity index (χ0v) is 16.5. The van der Waals surface area contributed by atoms with E-state index in [0.29, 0.717) is 11.3 Å². The van der Waals surface area contributed by atoms with E-state index in [-0.39, 0.29) is 27.9 Å². The Morgan fingerprint density at radius 3 is 2.42 bits per heavy atom. The van der Waals surface area contributed by atoms with Gasteiger partial charge in [0.2, 0.25) is 12.0 Å². The molecule has 4 rings (SSSR count). The Morgan fingerprint density at radius 1 is 1.00 bits per heavy atom. The smallest absolute Gasteiger partial charge is 0.229 e. The molecule has 9 nitrogen and oxygen atoms in total. The van der Waals surface area contributed by atoms with Crippen molar-refractivity contribution in [3.05, 3.63) is 58.8 Å². The highest BCUT2D eigenvalue weighted by molar-refractivity contribution is 5.86. The molecule has 1 aliphatic heterocycles. The predicted octanol–water partition coefficient (Wildman–Crippen LogP) is 0.647. The van der Waals surface area contributed by atoms with Gasteiger partial charge in [-0.1, -0.05) is 30.3 Å². The Labute approximate surface area is 176 Å². The molecule has 164 valence electrons. The summed E-state index contributed by atoms with van der Waals surface area (Å²) in [6.07, 6.45) is -7.24. The average molecular weight is 430 g/mol. The van der Waals surface area contributed by atoms with E-state index in [1.165, 1.54) is 25.3 Å². The molecule has 0 aliphatic carbocycles. The number of aliphatic hydroxyl groups excluding tert-OH is 4. The molecule has 0 spiro atoms. The first-order valence-corrected chi connectivity index (χ1v) is 9.62. The van der Waals surface area contributed by atoms with E-state index in [1.807, 2.05) is 18.2 Å². The first kappa shape index (κ1) is 21.3. The highest BCUT2D eigenvalue weighted by Crippen LogP contribution is 2.38. The van der Waals surface area contributed by atoms with E-state index in [4.69, 9.17) is 18.6 Å². The van der Waals surface area contributed by atoms with Gasteiger partial charge in [0.25, 0.3) is 0 Å². The molecule has 1 aliphatic rings. The molecular weight excluding hydrogens is 408 g/mol. The summed E-state index contributed by atoms with van der Waals surface area (Å²) in [4.78, 5) is 12.6. The van der Waals surface area contributed by atoms with Crippen LogP contribution in [0.25, 0.3) is 22.3 Å². The van der Waals surface area contributed by atoms with Gasteiger partial charge < -0.3 is 39.1 Å². The van der Waals surface area contributed by atoms with Gasteiger partial charge in [-0.25, -0.2) is 0 Å². The lowest BCUT2D eigenvalue weighted by Gasteiger charge is -2.39. The van der Waals surface area contributed by atoms with Gasteiger partial charge in [-0.15, -0.1) is 0 Å². The van der Waals surface area contributed by atoms with Crippen LogP contribution in [0.1, 0.15) is 0 Å². The molecule has 0 bridgehead atoms. The van der Waals surface area contributed by atoms with Crippen LogP contribution >= 0.6 is 0 Å². The number of hydrogen-bond donors (Lipinski definition) is 4. The van der Waals surface area contributed by atoms with Crippen molar-refractivity contribution >= 4 is 11.0 Å². The predicted molar refractivity (Wildman–Crippen MR) is 109 cm³/mol. The highest BCUT2D eigenvalue weighted by atomic mass is 16.7. The molecule has 9 heteroatoms. The fourth-order valence-electron chi connectivity index (χ4n) is 3.50. The number of methoxy groups -OCH3 is 1. The quantitative estimate of drug-likeness (QED) is 0.459. The maximum absolute atomic E-state index is 12.6. The molecule has 1 aromatic heterocycles. The van der Waals surface area contributed by atoms with E-state index in [0.717, 1.165) is 0 Å². The third-order valence-electron chi connectivity index (χ3n) is 5.17. The highest BCUT2D eigenvalue weighted by Gasteiger charge is 2.45. The van der Waals surface area contributed by atoms with Crippen molar-refractivity contribution in [1.82, 2.24) is 0 Å². The number of fused-ring (bicyclic) bond motifs is 1. The Kier molecular flexibility index (Phi) is 5.94. The van der Waals surface area contributed by atoms with E-state index in [2.05, 4.69) is 0 Å². The van der Waals surface area contributed by atoms with E-state index < -0.39 is 37.3 Å². The Balaban J connectivity index is 1.76. The summed E-state index contributed by atoms with van der Waals surface area (Å²) in [6.45, 7) is -0.588. The maximum Gasteiger partial charge on any atom is 0.229 e. The molecular formula is C22H22O9. The lowest BCUT2D eigenvalue weighted by molar-refractivity contribution is -0.277. The van der Waals surface area contributed by atoms with Crippen LogP contribution in [0.3, 0.4) is 0 Å². The second-order valence-electron chi connectivity index (χ2n) is 7.13. The molecule has 31 heavy (non-hydrogen) atoms. The summed E-state index contributed by atoms with van der Waals surface area (Å²) < 4.78 is 22.5. The summed E-state index contributed by atoms with van der Waals surface area (Å²) in [5.74, 6) is 0.499. The fraction of sp³-hybridized carbons (Fsp3) is 0.318.